The zero-order chi connectivity index (χ0) is 9.78. The van der Waals surface area contributed by atoms with Gasteiger partial charge < -0.3 is 16.2 Å². The molecule has 1 amide bonds. The van der Waals surface area contributed by atoms with Gasteiger partial charge in [-0.1, -0.05) is 0 Å². The fourth-order valence-electron chi connectivity index (χ4n) is 0.506. The molecule has 0 atom stereocenters. The molecule has 0 aliphatic carbocycles. The average Bonchev–Trinajstić information content (AvgIpc) is 1.79. The highest BCUT2D eigenvalue weighted by Gasteiger charge is 2.11. The minimum atomic E-state index is -1.17. The molecule has 0 bridgehead atoms. The van der Waals surface area contributed by atoms with Crippen LogP contribution in [0.2, 0.25) is 0 Å². The van der Waals surface area contributed by atoms with Gasteiger partial charge in [0.1, 0.15) is 0 Å². The quantitative estimate of drug-likeness (QED) is 0.393. The van der Waals surface area contributed by atoms with Crippen LogP contribution in [0.15, 0.2) is 12.2 Å². The molecule has 4 N–H and O–H groups in total. The summed E-state index contributed by atoms with van der Waals surface area (Å²) in [5.74, 6) is -1.69. The third-order valence-corrected chi connectivity index (χ3v) is 0.823. The van der Waals surface area contributed by atoms with Crippen molar-refractivity contribution >= 4 is 11.9 Å². The molecule has 0 heterocycles. The third kappa shape index (κ3) is 6.76. The summed E-state index contributed by atoms with van der Waals surface area (Å²) in [5, 5.41) is 10.5. The van der Waals surface area contributed by atoms with E-state index in [2.05, 4.69) is 5.32 Å². The summed E-state index contributed by atoms with van der Waals surface area (Å²) in [7, 11) is 0. The van der Waals surface area contributed by atoms with Crippen molar-refractivity contribution in [1.82, 2.24) is 5.32 Å². The number of aliphatic carboxylic acids is 1. The van der Waals surface area contributed by atoms with Crippen LogP contribution in [0.3, 0.4) is 0 Å². The number of hydrogen-bond acceptors (Lipinski definition) is 3. The van der Waals surface area contributed by atoms with Gasteiger partial charge in [0.15, 0.2) is 0 Å². The van der Waals surface area contributed by atoms with Crippen LogP contribution in [0.4, 0.5) is 0 Å². The van der Waals surface area contributed by atoms with Crippen LogP contribution < -0.4 is 11.1 Å². The van der Waals surface area contributed by atoms with Crippen LogP contribution in [0, 0.1) is 0 Å². The van der Waals surface area contributed by atoms with E-state index in [9.17, 15) is 9.59 Å². The number of hydrogen-bond donors (Lipinski definition) is 3. The molecule has 0 aromatic rings. The van der Waals surface area contributed by atoms with Crippen LogP contribution in [0.25, 0.3) is 0 Å². The second-order valence-corrected chi connectivity index (χ2v) is 2.88. The fraction of sp³-hybridized carbons (Fsp3) is 0.429. The molecule has 5 heteroatoms. The largest absolute Gasteiger partial charge is 0.478 e. The number of carboxylic acid groups (broad SMARTS) is 1. The minimum Gasteiger partial charge on any atom is -0.478 e. The van der Waals surface area contributed by atoms with E-state index in [-0.39, 0.29) is 0 Å². The minimum absolute atomic E-state index is 0.523. The molecule has 0 unspecified atom stereocenters. The maximum absolute atomic E-state index is 10.8. The summed E-state index contributed by atoms with van der Waals surface area (Å²) in [6, 6.07) is 0. The van der Waals surface area contributed by atoms with Crippen molar-refractivity contribution < 1.29 is 14.7 Å². The normalized spacial score (nSPS) is 11.6. The third-order valence-electron chi connectivity index (χ3n) is 0.823. The second kappa shape index (κ2) is 3.87. The number of carbonyl (C=O) groups excluding carboxylic acids is 1. The first-order chi connectivity index (χ1) is 5.31. The lowest BCUT2D eigenvalue weighted by Crippen LogP contribution is -2.50. The number of nitrogens with two attached hydrogens (primary N) is 1. The maximum atomic E-state index is 10.8. The van der Waals surface area contributed by atoms with Crippen LogP contribution in [-0.2, 0) is 9.59 Å². The standard InChI is InChI=1S/C7H12N2O3/c1-7(2,8)9-5(10)3-4-6(11)12/h3-4H,8H2,1-2H3,(H,9,10)(H,11,12). The molecule has 0 aliphatic heterocycles. The molecule has 0 aromatic heterocycles. The van der Waals surface area contributed by atoms with E-state index in [1.165, 1.54) is 0 Å². The molecular weight excluding hydrogens is 160 g/mol. The highest BCUT2D eigenvalue weighted by atomic mass is 16.4. The molecule has 0 aliphatic rings. The highest BCUT2D eigenvalue weighted by molar-refractivity contribution is 5.94. The monoisotopic (exact) mass is 172 g/mol. The molecule has 68 valence electrons. The first kappa shape index (κ1) is 10.6. The van der Waals surface area contributed by atoms with Crippen molar-refractivity contribution in [3.8, 4) is 0 Å². The van der Waals surface area contributed by atoms with E-state index in [1.807, 2.05) is 0 Å². The predicted octanol–water partition coefficient (Wildman–Crippen LogP) is -0.562. The van der Waals surface area contributed by atoms with E-state index < -0.39 is 17.5 Å². The lowest BCUT2D eigenvalue weighted by Gasteiger charge is -2.18. The van der Waals surface area contributed by atoms with Gasteiger partial charge in [0.2, 0.25) is 5.91 Å². The van der Waals surface area contributed by atoms with Gasteiger partial charge >= 0.3 is 5.97 Å². The molecule has 5 nitrogen and oxygen atoms in total. The van der Waals surface area contributed by atoms with E-state index in [1.54, 1.807) is 13.8 Å². The first-order valence-corrected chi connectivity index (χ1v) is 3.33. The van der Waals surface area contributed by atoms with Gasteiger partial charge in [-0.15, -0.1) is 0 Å². The number of carboxylic acids is 1. The number of amides is 1. The van der Waals surface area contributed by atoms with E-state index in [0.29, 0.717) is 0 Å². The number of carbonyl (C=O) groups is 2. The Bertz CT molecular complexity index is 215. The van der Waals surface area contributed by atoms with Crippen molar-refractivity contribution in [3.63, 3.8) is 0 Å². The summed E-state index contributed by atoms with van der Waals surface area (Å²) in [5.41, 5.74) is 4.60. The Balaban J connectivity index is 3.99. The molecule has 0 aromatic carbocycles. The van der Waals surface area contributed by atoms with Gasteiger partial charge in [0.25, 0.3) is 0 Å². The maximum Gasteiger partial charge on any atom is 0.328 e. The van der Waals surface area contributed by atoms with Crippen LogP contribution in [0.5, 0.6) is 0 Å². The van der Waals surface area contributed by atoms with E-state index >= 15 is 0 Å². The van der Waals surface area contributed by atoms with Gasteiger partial charge in [-0.2, -0.15) is 0 Å². The zero-order valence-electron chi connectivity index (χ0n) is 7.00. The van der Waals surface area contributed by atoms with Gasteiger partial charge in [-0.25, -0.2) is 4.79 Å². The summed E-state index contributed by atoms with van der Waals surface area (Å²) in [6.45, 7) is 3.19. The Labute approximate surface area is 70.2 Å². The van der Waals surface area contributed by atoms with Gasteiger partial charge in [0, 0.05) is 12.2 Å². The van der Waals surface area contributed by atoms with Crippen LogP contribution >= 0.6 is 0 Å². The molecule has 0 saturated heterocycles. The van der Waals surface area contributed by atoms with Crippen molar-refractivity contribution in [2.24, 2.45) is 5.73 Å². The lowest BCUT2D eigenvalue weighted by molar-refractivity contribution is -0.131. The molecule has 12 heavy (non-hydrogen) atoms. The van der Waals surface area contributed by atoms with Gasteiger partial charge in [-0.3, -0.25) is 4.79 Å². The lowest BCUT2D eigenvalue weighted by atomic mass is 10.2. The smallest absolute Gasteiger partial charge is 0.328 e. The van der Waals surface area contributed by atoms with Crippen LogP contribution in [0.1, 0.15) is 13.8 Å². The van der Waals surface area contributed by atoms with Crippen LogP contribution in [-0.4, -0.2) is 22.6 Å². The van der Waals surface area contributed by atoms with Crippen molar-refractivity contribution in [2.45, 2.75) is 19.5 Å². The predicted molar refractivity (Wildman–Crippen MR) is 43.2 cm³/mol. The Morgan fingerprint density at radius 2 is 1.92 bits per heavy atom. The molecule has 0 saturated carbocycles. The second-order valence-electron chi connectivity index (χ2n) is 2.88. The van der Waals surface area contributed by atoms with E-state index in [0.717, 1.165) is 12.2 Å². The Hall–Kier alpha value is -1.36. The van der Waals surface area contributed by atoms with E-state index in [4.69, 9.17) is 10.8 Å². The number of nitrogens with one attached hydrogen (secondary N) is 1. The van der Waals surface area contributed by atoms with Crippen molar-refractivity contribution in [2.75, 3.05) is 0 Å². The fourth-order valence-corrected chi connectivity index (χ4v) is 0.506. The summed E-state index contributed by atoms with van der Waals surface area (Å²) < 4.78 is 0. The molecule has 0 fully saturated rings. The van der Waals surface area contributed by atoms with Crippen molar-refractivity contribution in [3.05, 3.63) is 12.2 Å². The molecule has 0 radical (unpaired) electrons. The molecule has 0 spiro atoms. The van der Waals surface area contributed by atoms with Gasteiger partial charge in [0.05, 0.1) is 5.66 Å². The summed E-state index contributed by atoms with van der Waals surface area (Å²) >= 11 is 0. The highest BCUT2D eigenvalue weighted by Crippen LogP contribution is 1.89. The van der Waals surface area contributed by atoms with Crippen molar-refractivity contribution in [1.29, 1.82) is 0 Å². The first-order valence-electron chi connectivity index (χ1n) is 3.33. The van der Waals surface area contributed by atoms with Gasteiger partial charge in [-0.05, 0) is 13.8 Å². The molecule has 0 rings (SSSR count). The SMILES string of the molecule is CC(C)(N)NC(=O)C=CC(=O)O. The number of rotatable bonds is 3. The zero-order valence-corrected chi connectivity index (χ0v) is 7.00. The average molecular weight is 172 g/mol. The Morgan fingerprint density at radius 1 is 1.42 bits per heavy atom. The topological polar surface area (TPSA) is 92.4 Å². The summed E-state index contributed by atoms with van der Waals surface area (Å²) in [4.78, 5) is 20.8. The molecular formula is C7H12N2O3. The Kier molecular flexibility index (Phi) is 3.43. The Morgan fingerprint density at radius 3 is 2.25 bits per heavy atom. The summed E-state index contributed by atoms with van der Waals surface area (Å²) in [6.07, 6.45) is 1.66.